The number of rotatable bonds is 8. The maximum absolute atomic E-state index is 13.2. The van der Waals surface area contributed by atoms with E-state index in [0.717, 1.165) is 22.4 Å². The molecule has 1 aliphatic heterocycles. The monoisotopic (exact) mass is 513 g/mol. The van der Waals surface area contributed by atoms with Gasteiger partial charge in [-0.1, -0.05) is 60.3 Å². The highest BCUT2D eigenvalue weighted by Crippen LogP contribution is 2.41. The van der Waals surface area contributed by atoms with Gasteiger partial charge in [-0.05, 0) is 49.6 Å². The first-order valence-electron chi connectivity index (χ1n) is 11.7. The number of thioether (sulfide) groups is 1. The summed E-state index contributed by atoms with van der Waals surface area (Å²) in [6.45, 7) is 5.73. The minimum Gasteiger partial charge on any atom is -0.468 e. The number of nitrogens with zero attached hydrogens (tertiary/aromatic N) is 1. The van der Waals surface area contributed by atoms with Crippen molar-refractivity contribution < 1.29 is 18.7 Å². The molecule has 1 unspecified atom stereocenters. The number of aryl methyl sites for hydroxylation is 2. The number of esters is 1. The molecule has 0 saturated heterocycles. The van der Waals surface area contributed by atoms with Gasteiger partial charge in [0.2, 0.25) is 5.91 Å². The molecule has 0 aliphatic carbocycles. The molecular weight excluding hydrogens is 486 g/mol. The Morgan fingerprint density at radius 3 is 2.43 bits per heavy atom. The van der Waals surface area contributed by atoms with E-state index in [0.29, 0.717) is 22.1 Å². The maximum atomic E-state index is 13.2. The Bertz CT molecular complexity index is 1380. The van der Waals surface area contributed by atoms with Crippen LogP contribution >= 0.6 is 11.8 Å². The topological polar surface area (TPSA) is 104 Å². The number of allylic oxidation sites excluding steroid dienone is 2. The van der Waals surface area contributed by atoms with Gasteiger partial charge in [-0.2, -0.15) is 5.26 Å². The number of anilines is 1. The SMILES string of the molecule is CC1=C(C(=O)OCc2ccccc2)C(c2ccco2)C(C#N)=C(SCC(=O)Nc2c(C)cccc2C)N1. The fourth-order valence-electron chi connectivity index (χ4n) is 4.16. The predicted molar refractivity (Wildman–Crippen MR) is 143 cm³/mol. The fourth-order valence-corrected chi connectivity index (χ4v) is 5.05. The lowest BCUT2D eigenvalue weighted by Gasteiger charge is -2.28. The molecule has 3 aromatic rings. The summed E-state index contributed by atoms with van der Waals surface area (Å²) in [5.41, 5.74) is 4.71. The Hall–Kier alpha value is -4.22. The first-order valence-corrected chi connectivity index (χ1v) is 12.7. The van der Waals surface area contributed by atoms with Crippen molar-refractivity contribution in [2.45, 2.75) is 33.3 Å². The zero-order chi connectivity index (χ0) is 26.4. The number of para-hydroxylation sites is 1. The summed E-state index contributed by atoms with van der Waals surface area (Å²) in [6, 6.07) is 20.9. The van der Waals surface area contributed by atoms with Crippen LogP contribution in [0.3, 0.4) is 0 Å². The molecule has 1 atom stereocenters. The lowest BCUT2D eigenvalue weighted by molar-refractivity contribution is -0.140. The van der Waals surface area contributed by atoms with Gasteiger partial charge in [-0.3, -0.25) is 4.79 Å². The number of hydrogen-bond donors (Lipinski definition) is 2. The number of hydrogen-bond acceptors (Lipinski definition) is 7. The third-order valence-electron chi connectivity index (χ3n) is 6.00. The summed E-state index contributed by atoms with van der Waals surface area (Å²) in [5, 5.41) is 16.7. The molecule has 188 valence electrons. The summed E-state index contributed by atoms with van der Waals surface area (Å²) >= 11 is 1.20. The third-order valence-corrected chi connectivity index (χ3v) is 7.02. The van der Waals surface area contributed by atoms with Crippen LogP contribution in [-0.2, 0) is 20.9 Å². The quantitative estimate of drug-likeness (QED) is 0.372. The Labute approximate surface area is 220 Å². The predicted octanol–water partition coefficient (Wildman–Crippen LogP) is 5.71. The number of nitrogens with one attached hydrogen (secondary N) is 2. The van der Waals surface area contributed by atoms with Crippen LogP contribution < -0.4 is 10.6 Å². The van der Waals surface area contributed by atoms with Crippen molar-refractivity contribution in [3.05, 3.63) is 111 Å². The van der Waals surface area contributed by atoms with Crippen molar-refractivity contribution in [2.75, 3.05) is 11.1 Å². The van der Waals surface area contributed by atoms with Crippen molar-refractivity contribution in [1.29, 1.82) is 5.26 Å². The maximum Gasteiger partial charge on any atom is 0.337 e. The molecule has 0 spiro atoms. The minimum absolute atomic E-state index is 0.0766. The van der Waals surface area contributed by atoms with Crippen molar-refractivity contribution in [1.82, 2.24) is 5.32 Å². The highest BCUT2D eigenvalue weighted by Gasteiger charge is 2.37. The minimum atomic E-state index is -0.756. The van der Waals surface area contributed by atoms with E-state index in [4.69, 9.17) is 9.15 Å². The van der Waals surface area contributed by atoms with Gasteiger partial charge < -0.3 is 19.8 Å². The molecule has 4 rings (SSSR count). The Balaban J connectivity index is 1.55. The fraction of sp³-hybridized carbons (Fsp3) is 0.207. The lowest BCUT2D eigenvalue weighted by Crippen LogP contribution is -2.29. The van der Waals surface area contributed by atoms with Crippen LogP contribution in [0.25, 0.3) is 0 Å². The molecule has 1 amide bonds. The molecule has 1 aromatic heterocycles. The van der Waals surface area contributed by atoms with Gasteiger partial charge in [-0.25, -0.2) is 4.79 Å². The molecule has 1 aliphatic rings. The molecule has 2 heterocycles. The number of amides is 1. The number of benzene rings is 2. The normalized spacial score (nSPS) is 15.1. The number of ether oxygens (including phenoxy) is 1. The summed E-state index contributed by atoms with van der Waals surface area (Å²) in [7, 11) is 0. The highest BCUT2D eigenvalue weighted by molar-refractivity contribution is 8.03. The zero-order valence-electron chi connectivity index (χ0n) is 20.8. The molecule has 2 N–H and O–H groups in total. The van der Waals surface area contributed by atoms with Crippen LogP contribution in [0.5, 0.6) is 0 Å². The highest BCUT2D eigenvalue weighted by atomic mass is 32.2. The van der Waals surface area contributed by atoms with Crippen molar-refractivity contribution in [3.63, 3.8) is 0 Å². The smallest absolute Gasteiger partial charge is 0.337 e. The molecular formula is C29H27N3O4S. The van der Waals surface area contributed by atoms with Crippen LogP contribution in [0.1, 0.15) is 35.3 Å². The van der Waals surface area contributed by atoms with E-state index in [1.165, 1.54) is 18.0 Å². The van der Waals surface area contributed by atoms with Gasteiger partial charge in [0, 0.05) is 11.4 Å². The van der Waals surface area contributed by atoms with E-state index in [-0.39, 0.29) is 23.8 Å². The zero-order valence-corrected chi connectivity index (χ0v) is 21.6. The van der Waals surface area contributed by atoms with E-state index < -0.39 is 11.9 Å². The van der Waals surface area contributed by atoms with Crippen molar-refractivity contribution >= 4 is 29.3 Å². The van der Waals surface area contributed by atoms with Gasteiger partial charge in [0.25, 0.3) is 0 Å². The summed E-state index contributed by atoms with van der Waals surface area (Å²) in [5.74, 6) is -0.971. The Morgan fingerprint density at radius 2 is 1.78 bits per heavy atom. The van der Waals surface area contributed by atoms with Crippen molar-refractivity contribution in [3.8, 4) is 6.07 Å². The molecule has 0 saturated carbocycles. The second kappa shape index (κ2) is 11.7. The average Bonchev–Trinajstić information content (AvgIpc) is 3.43. The van der Waals surface area contributed by atoms with Crippen LogP contribution in [0.4, 0.5) is 5.69 Å². The largest absolute Gasteiger partial charge is 0.468 e. The summed E-state index contributed by atoms with van der Waals surface area (Å²) < 4.78 is 11.2. The molecule has 0 fully saturated rings. The molecule has 0 bridgehead atoms. The first kappa shape index (κ1) is 25.9. The average molecular weight is 514 g/mol. The number of dihydropyridines is 1. The van der Waals surface area contributed by atoms with Gasteiger partial charge >= 0.3 is 5.97 Å². The third kappa shape index (κ3) is 5.96. The van der Waals surface area contributed by atoms with E-state index in [1.54, 1.807) is 19.1 Å². The molecule has 8 heteroatoms. The molecule has 37 heavy (non-hydrogen) atoms. The number of nitriles is 1. The molecule has 2 aromatic carbocycles. The van der Waals surface area contributed by atoms with Crippen molar-refractivity contribution in [2.24, 2.45) is 0 Å². The van der Waals surface area contributed by atoms with Gasteiger partial charge in [0.05, 0.1) is 40.2 Å². The van der Waals surface area contributed by atoms with Crippen LogP contribution in [0, 0.1) is 25.2 Å². The first-order chi connectivity index (χ1) is 17.9. The van der Waals surface area contributed by atoms with Crippen LogP contribution in [-0.4, -0.2) is 17.6 Å². The second-order valence-electron chi connectivity index (χ2n) is 8.63. The van der Waals surface area contributed by atoms with Crippen LogP contribution in [0.2, 0.25) is 0 Å². The Morgan fingerprint density at radius 1 is 1.05 bits per heavy atom. The van der Waals surface area contributed by atoms with Crippen LogP contribution in [0.15, 0.2) is 93.2 Å². The number of furan rings is 1. The second-order valence-corrected chi connectivity index (χ2v) is 9.62. The Kier molecular flexibility index (Phi) is 8.16. The van der Waals surface area contributed by atoms with E-state index in [1.807, 2.05) is 62.4 Å². The lowest BCUT2D eigenvalue weighted by atomic mass is 9.86. The van der Waals surface area contributed by atoms with Gasteiger partial charge in [-0.15, -0.1) is 0 Å². The van der Waals surface area contributed by atoms with E-state index in [2.05, 4.69) is 16.7 Å². The number of carbonyl (C=O) groups is 2. The van der Waals surface area contributed by atoms with E-state index >= 15 is 0 Å². The molecule has 0 radical (unpaired) electrons. The summed E-state index contributed by atoms with van der Waals surface area (Å²) in [4.78, 5) is 26.0. The standard InChI is InChI=1S/C29H27N3O4S/c1-18-9-7-10-19(2)27(18)32-24(33)17-37-28-22(15-30)26(23-13-8-14-35-23)25(20(3)31-28)29(34)36-16-21-11-5-4-6-12-21/h4-14,26,31H,16-17H2,1-3H3,(H,32,33). The summed E-state index contributed by atoms with van der Waals surface area (Å²) in [6.07, 6.45) is 1.50. The number of carbonyl (C=O) groups excluding carboxylic acids is 2. The van der Waals surface area contributed by atoms with Gasteiger partial charge in [0.1, 0.15) is 12.4 Å². The van der Waals surface area contributed by atoms with Gasteiger partial charge in [0.15, 0.2) is 0 Å². The van der Waals surface area contributed by atoms with E-state index in [9.17, 15) is 14.9 Å². The molecule has 7 nitrogen and oxygen atoms in total.